The van der Waals surface area contributed by atoms with Gasteiger partial charge >= 0.3 is 0 Å². The fourth-order valence-corrected chi connectivity index (χ4v) is 3.37. The molecule has 0 amide bonds. The van der Waals surface area contributed by atoms with E-state index in [0.29, 0.717) is 0 Å². The van der Waals surface area contributed by atoms with Gasteiger partial charge in [0, 0.05) is 0 Å². The van der Waals surface area contributed by atoms with Crippen molar-refractivity contribution in [3.05, 3.63) is 71.3 Å². The number of benzene rings is 2. The van der Waals surface area contributed by atoms with Crippen molar-refractivity contribution in [1.82, 2.24) is 0 Å². The maximum Gasteiger partial charge on any atom is 0.111 e. The monoisotopic (exact) mass is 262 g/mol. The first-order chi connectivity index (χ1) is 8.23. The molecule has 2 atom stereocenters. The van der Waals surface area contributed by atoms with E-state index in [1.54, 1.807) is 0 Å². The molecule has 0 bridgehead atoms. The van der Waals surface area contributed by atoms with Gasteiger partial charge in [-0.05, 0) is 23.1 Å². The number of fused-ring (bicyclic) bond motifs is 1. The van der Waals surface area contributed by atoms with Crippen LogP contribution < -0.4 is 0 Å². The average molecular weight is 263 g/mol. The van der Waals surface area contributed by atoms with Crippen molar-refractivity contribution in [2.75, 3.05) is 0 Å². The Hall–Kier alpha value is -0.980. The molecule has 0 aromatic heterocycles. The Morgan fingerprint density at radius 1 is 0.941 bits per heavy atom. The lowest BCUT2D eigenvalue weighted by Crippen LogP contribution is -2.27. The summed E-state index contributed by atoms with van der Waals surface area (Å²) < 4.78 is 0. The normalized spacial score (nSPS) is 26.8. The molecule has 1 aliphatic carbocycles. The molecule has 3 rings (SSSR count). The highest BCUT2D eigenvalue weighted by Gasteiger charge is 2.45. The summed E-state index contributed by atoms with van der Waals surface area (Å²) in [5.41, 5.74) is 3.48. The van der Waals surface area contributed by atoms with Gasteiger partial charge in [0.2, 0.25) is 0 Å². The number of rotatable bonds is 1. The maximum atomic E-state index is 6.85. The first-order valence-corrected chi connectivity index (χ1v) is 6.51. The summed E-state index contributed by atoms with van der Waals surface area (Å²) in [6, 6.07) is 18.3. The predicted octanol–water partition coefficient (Wildman–Crippen LogP) is 4.33. The van der Waals surface area contributed by atoms with Gasteiger partial charge in [-0.25, -0.2) is 0 Å². The lowest BCUT2D eigenvalue weighted by atomic mass is 9.92. The Bertz CT molecular complexity index is 536. The summed E-state index contributed by atoms with van der Waals surface area (Å²) in [7, 11) is 0. The molecule has 0 radical (unpaired) electrons. The lowest BCUT2D eigenvalue weighted by molar-refractivity contribution is 0.721. The zero-order chi connectivity index (χ0) is 11.9. The van der Waals surface area contributed by atoms with Crippen molar-refractivity contribution >= 4 is 23.2 Å². The molecule has 0 heterocycles. The molecule has 1 aliphatic rings. The van der Waals surface area contributed by atoms with Gasteiger partial charge in [0.1, 0.15) is 4.87 Å². The second kappa shape index (κ2) is 4.04. The molecule has 0 aliphatic heterocycles. The van der Waals surface area contributed by atoms with Crippen LogP contribution in [0.1, 0.15) is 16.7 Å². The lowest BCUT2D eigenvalue weighted by Gasteiger charge is -2.27. The third kappa shape index (κ3) is 1.59. The van der Waals surface area contributed by atoms with E-state index in [9.17, 15) is 0 Å². The number of halogens is 2. The molecule has 0 nitrogen and oxygen atoms in total. The van der Waals surface area contributed by atoms with Crippen LogP contribution in [-0.4, -0.2) is 5.38 Å². The standard InChI is InChI=1S/C15H12Cl2/c16-14-10-11-6-4-5-9-13(11)15(14,17)12-7-2-1-3-8-12/h1-9,14H,10H2/t14?,15-/m0/s1. The van der Waals surface area contributed by atoms with Crippen LogP contribution in [0, 0.1) is 0 Å². The average Bonchev–Trinajstić information content (AvgIpc) is 2.64. The first kappa shape index (κ1) is 11.1. The molecule has 17 heavy (non-hydrogen) atoms. The quantitative estimate of drug-likeness (QED) is 0.672. The highest BCUT2D eigenvalue weighted by molar-refractivity contribution is 6.34. The van der Waals surface area contributed by atoms with Crippen LogP contribution >= 0.6 is 23.2 Å². The summed E-state index contributed by atoms with van der Waals surface area (Å²) in [5, 5.41) is -0.0935. The largest absolute Gasteiger partial charge is 0.120 e. The van der Waals surface area contributed by atoms with E-state index in [1.807, 2.05) is 42.5 Å². The zero-order valence-electron chi connectivity index (χ0n) is 9.24. The summed E-state index contributed by atoms with van der Waals surface area (Å²) in [4.78, 5) is -0.584. The molecule has 0 saturated carbocycles. The van der Waals surface area contributed by atoms with Crippen molar-refractivity contribution in [3.8, 4) is 0 Å². The molecule has 0 N–H and O–H groups in total. The van der Waals surface area contributed by atoms with Gasteiger partial charge in [-0.15, -0.1) is 23.2 Å². The number of hydrogen-bond donors (Lipinski definition) is 0. The fourth-order valence-electron chi connectivity index (χ4n) is 2.57. The SMILES string of the molecule is ClC1Cc2ccccc2[C@@]1(Cl)c1ccccc1. The number of alkyl halides is 2. The van der Waals surface area contributed by atoms with E-state index in [0.717, 1.165) is 17.5 Å². The molecule has 86 valence electrons. The second-order valence-electron chi connectivity index (χ2n) is 4.41. The highest BCUT2D eigenvalue weighted by atomic mass is 35.5. The smallest absolute Gasteiger partial charge is 0.111 e. The Morgan fingerprint density at radius 2 is 1.59 bits per heavy atom. The fraction of sp³-hybridized carbons (Fsp3) is 0.200. The van der Waals surface area contributed by atoms with Crippen LogP contribution in [0.4, 0.5) is 0 Å². The first-order valence-electron chi connectivity index (χ1n) is 5.70. The van der Waals surface area contributed by atoms with E-state index in [4.69, 9.17) is 23.2 Å². The summed E-state index contributed by atoms with van der Waals surface area (Å²) in [5.74, 6) is 0. The topological polar surface area (TPSA) is 0 Å². The van der Waals surface area contributed by atoms with Gasteiger partial charge in [0.05, 0.1) is 5.38 Å². The van der Waals surface area contributed by atoms with Gasteiger partial charge in [-0.2, -0.15) is 0 Å². The van der Waals surface area contributed by atoms with E-state index in [-0.39, 0.29) is 5.38 Å². The Morgan fingerprint density at radius 3 is 2.35 bits per heavy atom. The molecule has 2 heteroatoms. The molecule has 0 spiro atoms. The Balaban J connectivity index is 2.20. The molecule has 2 aromatic rings. The van der Waals surface area contributed by atoms with Crippen molar-refractivity contribution in [2.45, 2.75) is 16.7 Å². The minimum atomic E-state index is -0.584. The third-order valence-electron chi connectivity index (χ3n) is 3.43. The molecular weight excluding hydrogens is 251 g/mol. The van der Waals surface area contributed by atoms with E-state index < -0.39 is 4.87 Å². The van der Waals surface area contributed by atoms with E-state index >= 15 is 0 Å². The van der Waals surface area contributed by atoms with Crippen LogP contribution in [0.2, 0.25) is 0 Å². The Kier molecular flexibility index (Phi) is 2.65. The van der Waals surface area contributed by atoms with Crippen molar-refractivity contribution < 1.29 is 0 Å². The van der Waals surface area contributed by atoms with Crippen LogP contribution in [0.3, 0.4) is 0 Å². The summed E-state index contributed by atoms with van der Waals surface area (Å²) in [6.07, 6.45) is 0.829. The highest BCUT2D eigenvalue weighted by Crippen LogP contribution is 2.49. The van der Waals surface area contributed by atoms with Crippen LogP contribution in [0.15, 0.2) is 54.6 Å². The minimum Gasteiger partial charge on any atom is -0.120 e. The van der Waals surface area contributed by atoms with Gasteiger partial charge < -0.3 is 0 Å². The van der Waals surface area contributed by atoms with Gasteiger partial charge in [-0.1, -0.05) is 54.6 Å². The second-order valence-corrected chi connectivity index (χ2v) is 5.53. The van der Waals surface area contributed by atoms with Gasteiger partial charge in [0.25, 0.3) is 0 Å². The maximum absolute atomic E-state index is 6.85. The molecular formula is C15H12Cl2. The van der Waals surface area contributed by atoms with Crippen LogP contribution in [0.5, 0.6) is 0 Å². The van der Waals surface area contributed by atoms with E-state index in [2.05, 4.69) is 12.1 Å². The molecule has 2 aromatic carbocycles. The van der Waals surface area contributed by atoms with Gasteiger partial charge in [0.15, 0.2) is 0 Å². The predicted molar refractivity (Wildman–Crippen MR) is 72.9 cm³/mol. The van der Waals surface area contributed by atoms with Crippen molar-refractivity contribution in [3.63, 3.8) is 0 Å². The van der Waals surface area contributed by atoms with Crippen molar-refractivity contribution in [2.24, 2.45) is 0 Å². The molecule has 1 unspecified atom stereocenters. The van der Waals surface area contributed by atoms with E-state index in [1.165, 1.54) is 5.56 Å². The van der Waals surface area contributed by atoms with Gasteiger partial charge in [-0.3, -0.25) is 0 Å². The molecule has 0 fully saturated rings. The van der Waals surface area contributed by atoms with Crippen LogP contribution in [-0.2, 0) is 11.3 Å². The summed E-state index contributed by atoms with van der Waals surface area (Å²) in [6.45, 7) is 0. The number of hydrogen-bond acceptors (Lipinski definition) is 0. The Labute approximate surface area is 111 Å². The van der Waals surface area contributed by atoms with Crippen molar-refractivity contribution in [1.29, 1.82) is 0 Å². The zero-order valence-corrected chi connectivity index (χ0v) is 10.7. The minimum absolute atomic E-state index is 0.0935. The summed E-state index contributed by atoms with van der Waals surface area (Å²) >= 11 is 13.3. The molecule has 0 saturated heterocycles. The third-order valence-corrected chi connectivity index (χ3v) is 4.71. The van der Waals surface area contributed by atoms with Crippen LogP contribution in [0.25, 0.3) is 0 Å².